The fraction of sp³-hybridized carbons (Fsp3) is 0.263. The van der Waals surface area contributed by atoms with Crippen molar-refractivity contribution < 1.29 is 14.3 Å². The van der Waals surface area contributed by atoms with Crippen molar-refractivity contribution in [2.75, 3.05) is 11.6 Å². The molecule has 0 aromatic heterocycles. The highest BCUT2D eigenvalue weighted by Crippen LogP contribution is 2.23. The van der Waals surface area contributed by atoms with Gasteiger partial charge in [-0.05, 0) is 29.8 Å². The zero-order chi connectivity index (χ0) is 17.6. The first kappa shape index (κ1) is 17.4. The summed E-state index contributed by atoms with van der Waals surface area (Å²) in [6.45, 7) is 1.90. The topological polar surface area (TPSA) is 58.6 Å². The zero-order valence-corrected chi connectivity index (χ0v) is 14.8. The Bertz CT molecular complexity index is 751. The van der Waals surface area contributed by atoms with Crippen LogP contribution in [0.5, 0.6) is 11.5 Å². The summed E-state index contributed by atoms with van der Waals surface area (Å²) in [4.78, 5) is 25.5. The summed E-state index contributed by atoms with van der Waals surface area (Å²) in [5.74, 6) is 2.53. The van der Waals surface area contributed by atoms with Crippen molar-refractivity contribution in [2.45, 2.75) is 19.5 Å². The van der Waals surface area contributed by atoms with Crippen molar-refractivity contribution in [3.63, 3.8) is 0 Å². The fourth-order valence-electron chi connectivity index (χ4n) is 2.62. The standard InChI is InChI=1S/C19H20N2O3S/c1-14(22)21-13-25-12-18(21)19(23)20-11-15-6-5-9-17(10-15)24-16-7-3-2-4-8-16/h2-10,18H,11-13H2,1H3,(H,20,23)/t18-/m0/s1. The van der Waals surface area contributed by atoms with E-state index >= 15 is 0 Å². The molecule has 5 nitrogen and oxygen atoms in total. The van der Waals surface area contributed by atoms with Crippen molar-refractivity contribution in [1.29, 1.82) is 0 Å². The summed E-state index contributed by atoms with van der Waals surface area (Å²) in [5.41, 5.74) is 0.946. The molecule has 0 unspecified atom stereocenters. The van der Waals surface area contributed by atoms with Crippen LogP contribution in [0.2, 0.25) is 0 Å². The summed E-state index contributed by atoms with van der Waals surface area (Å²) in [6, 6.07) is 16.8. The maximum Gasteiger partial charge on any atom is 0.243 e. The largest absolute Gasteiger partial charge is 0.457 e. The van der Waals surface area contributed by atoms with E-state index in [9.17, 15) is 9.59 Å². The van der Waals surface area contributed by atoms with Gasteiger partial charge in [-0.2, -0.15) is 0 Å². The third kappa shape index (κ3) is 4.54. The van der Waals surface area contributed by atoms with Gasteiger partial charge >= 0.3 is 0 Å². The molecule has 1 fully saturated rings. The summed E-state index contributed by atoms with van der Waals surface area (Å²) >= 11 is 1.60. The number of nitrogens with one attached hydrogen (secondary N) is 1. The zero-order valence-electron chi connectivity index (χ0n) is 14.0. The number of carbonyl (C=O) groups is 2. The first-order valence-electron chi connectivity index (χ1n) is 8.08. The van der Waals surface area contributed by atoms with Crippen molar-refractivity contribution >= 4 is 23.6 Å². The van der Waals surface area contributed by atoms with E-state index in [1.165, 1.54) is 6.92 Å². The van der Waals surface area contributed by atoms with Crippen LogP contribution in [0.25, 0.3) is 0 Å². The molecule has 1 N–H and O–H groups in total. The van der Waals surface area contributed by atoms with Crippen LogP contribution in [-0.2, 0) is 16.1 Å². The smallest absolute Gasteiger partial charge is 0.243 e. The Kier molecular flexibility index (Phi) is 5.60. The minimum absolute atomic E-state index is 0.0663. The lowest BCUT2D eigenvalue weighted by atomic mass is 10.2. The molecule has 1 heterocycles. The van der Waals surface area contributed by atoms with E-state index in [4.69, 9.17) is 4.74 Å². The molecule has 2 aromatic rings. The number of benzene rings is 2. The monoisotopic (exact) mass is 356 g/mol. The second-order valence-corrected chi connectivity index (χ2v) is 6.78. The molecule has 1 atom stereocenters. The van der Waals surface area contributed by atoms with Gasteiger partial charge in [0.1, 0.15) is 17.5 Å². The number of ether oxygens (including phenoxy) is 1. The van der Waals surface area contributed by atoms with Crippen LogP contribution in [0.4, 0.5) is 0 Å². The van der Waals surface area contributed by atoms with Crippen molar-refractivity contribution in [3.8, 4) is 11.5 Å². The molecule has 2 aromatic carbocycles. The van der Waals surface area contributed by atoms with E-state index in [-0.39, 0.29) is 17.9 Å². The minimum atomic E-state index is -0.383. The van der Waals surface area contributed by atoms with Gasteiger partial charge in [-0.25, -0.2) is 0 Å². The van der Waals surface area contributed by atoms with Crippen LogP contribution in [0.1, 0.15) is 12.5 Å². The summed E-state index contributed by atoms with van der Waals surface area (Å²) in [7, 11) is 0. The lowest BCUT2D eigenvalue weighted by Crippen LogP contribution is -2.46. The van der Waals surface area contributed by atoms with Crippen LogP contribution in [0, 0.1) is 0 Å². The number of nitrogens with zero attached hydrogens (tertiary/aromatic N) is 1. The first-order valence-corrected chi connectivity index (χ1v) is 9.23. The van der Waals surface area contributed by atoms with Gasteiger partial charge in [-0.15, -0.1) is 11.8 Å². The van der Waals surface area contributed by atoms with E-state index in [0.29, 0.717) is 18.2 Å². The van der Waals surface area contributed by atoms with Crippen LogP contribution in [-0.4, -0.2) is 34.4 Å². The Morgan fingerprint density at radius 3 is 2.68 bits per heavy atom. The Hall–Kier alpha value is -2.47. The van der Waals surface area contributed by atoms with E-state index < -0.39 is 0 Å². The highest BCUT2D eigenvalue weighted by Gasteiger charge is 2.32. The molecule has 1 aliphatic heterocycles. The molecule has 1 saturated heterocycles. The fourth-order valence-corrected chi connectivity index (χ4v) is 3.84. The molecular weight excluding hydrogens is 336 g/mol. The molecule has 2 amide bonds. The van der Waals surface area contributed by atoms with Gasteiger partial charge in [0.05, 0.1) is 5.88 Å². The molecule has 0 spiro atoms. The Balaban J connectivity index is 1.59. The third-order valence-electron chi connectivity index (χ3n) is 3.93. The van der Waals surface area contributed by atoms with Gasteiger partial charge in [0, 0.05) is 19.2 Å². The number of hydrogen-bond donors (Lipinski definition) is 1. The van der Waals surface area contributed by atoms with Crippen molar-refractivity contribution in [1.82, 2.24) is 10.2 Å². The van der Waals surface area contributed by atoms with Crippen LogP contribution in [0.15, 0.2) is 54.6 Å². The van der Waals surface area contributed by atoms with E-state index in [1.807, 2.05) is 54.6 Å². The average Bonchev–Trinajstić information content (AvgIpc) is 3.11. The first-order chi connectivity index (χ1) is 12.1. The molecule has 25 heavy (non-hydrogen) atoms. The quantitative estimate of drug-likeness (QED) is 0.895. The van der Waals surface area contributed by atoms with Gasteiger partial charge in [0.25, 0.3) is 0 Å². The molecule has 0 saturated carbocycles. The van der Waals surface area contributed by atoms with Gasteiger partial charge in [-0.1, -0.05) is 30.3 Å². The molecule has 0 bridgehead atoms. The second-order valence-electron chi connectivity index (χ2n) is 5.78. The van der Waals surface area contributed by atoms with Crippen LogP contribution in [0.3, 0.4) is 0 Å². The molecule has 130 valence electrons. The normalized spacial score (nSPS) is 16.5. The lowest BCUT2D eigenvalue weighted by molar-refractivity contribution is -0.136. The maximum absolute atomic E-state index is 12.4. The van der Waals surface area contributed by atoms with E-state index in [2.05, 4.69) is 5.32 Å². The molecular formula is C19H20N2O3S. The molecule has 0 aliphatic carbocycles. The van der Waals surface area contributed by atoms with Gasteiger partial charge in [0.2, 0.25) is 11.8 Å². The second kappa shape index (κ2) is 8.07. The molecule has 0 radical (unpaired) electrons. The summed E-state index contributed by atoms with van der Waals surface area (Å²) < 4.78 is 5.81. The predicted molar refractivity (Wildman–Crippen MR) is 98.4 cm³/mol. The molecule has 1 aliphatic rings. The van der Waals surface area contributed by atoms with Gasteiger partial charge in [0.15, 0.2) is 0 Å². The van der Waals surface area contributed by atoms with E-state index in [0.717, 1.165) is 17.1 Å². The average molecular weight is 356 g/mol. The molecule has 6 heteroatoms. The number of carbonyl (C=O) groups excluding carboxylic acids is 2. The third-order valence-corrected chi connectivity index (χ3v) is 4.95. The van der Waals surface area contributed by atoms with Crippen LogP contribution < -0.4 is 10.1 Å². The van der Waals surface area contributed by atoms with Crippen molar-refractivity contribution in [2.24, 2.45) is 0 Å². The lowest BCUT2D eigenvalue weighted by Gasteiger charge is -2.21. The maximum atomic E-state index is 12.4. The number of para-hydroxylation sites is 1. The van der Waals surface area contributed by atoms with Gasteiger partial charge < -0.3 is 15.0 Å². The number of rotatable bonds is 5. The minimum Gasteiger partial charge on any atom is -0.457 e. The highest BCUT2D eigenvalue weighted by molar-refractivity contribution is 7.99. The Morgan fingerprint density at radius 2 is 1.92 bits per heavy atom. The van der Waals surface area contributed by atoms with Crippen molar-refractivity contribution in [3.05, 3.63) is 60.2 Å². The number of hydrogen-bond acceptors (Lipinski definition) is 4. The predicted octanol–water partition coefficient (Wildman–Crippen LogP) is 3.02. The number of thioether (sulfide) groups is 1. The summed E-state index contributed by atoms with van der Waals surface area (Å²) in [5, 5.41) is 2.92. The summed E-state index contributed by atoms with van der Waals surface area (Å²) in [6.07, 6.45) is 0. The highest BCUT2D eigenvalue weighted by atomic mass is 32.2. The molecule has 3 rings (SSSR count). The van der Waals surface area contributed by atoms with Gasteiger partial charge in [-0.3, -0.25) is 9.59 Å². The Labute approximate surface area is 151 Å². The van der Waals surface area contributed by atoms with Crippen LogP contribution >= 0.6 is 11.8 Å². The number of amides is 2. The Morgan fingerprint density at radius 1 is 1.16 bits per heavy atom. The SMILES string of the molecule is CC(=O)N1CSC[C@H]1C(=O)NCc1cccc(Oc2ccccc2)c1. The van der Waals surface area contributed by atoms with E-state index in [1.54, 1.807) is 16.7 Å².